The van der Waals surface area contributed by atoms with Gasteiger partial charge in [0.15, 0.2) is 5.78 Å². The number of carbonyl (C=O) groups excluding carboxylic acids is 4. The maximum atomic E-state index is 13.5. The molecular formula is C23H18Br2ClN3O6. The summed E-state index contributed by atoms with van der Waals surface area (Å²) in [5.41, 5.74) is -0.0869. The normalized spacial score (nSPS) is 23.7. The van der Waals surface area contributed by atoms with Gasteiger partial charge in [-0.05, 0) is 37.1 Å². The highest BCUT2D eigenvalue weighted by Crippen LogP contribution is 2.43. The lowest BCUT2D eigenvalue weighted by Gasteiger charge is -2.30. The summed E-state index contributed by atoms with van der Waals surface area (Å²) in [6.07, 6.45) is 0.790. The van der Waals surface area contributed by atoms with Gasteiger partial charge in [0.25, 0.3) is 23.4 Å². The molecule has 2 aromatic rings. The Morgan fingerprint density at radius 3 is 2.06 bits per heavy atom. The number of nitrogens with zero attached hydrogens (tertiary/aromatic N) is 3. The molecule has 1 saturated carbocycles. The second-order valence-electron chi connectivity index (χ2n) is 8.27. The van der Waals surface area contributed by atoms with Crippen LogP contribution in [0.3, 0.4) is 0 Å². The van der Waals surface area contributed by atoms with E-state index in [4.69, 9.17) is 11.6 Å². The lowest BCUT2D eigenvalue weighted by molar-refractivity contribution is -0.384. The van der Waals surface area contributed by atoms with Crippen molar-refractivity contribution in [2.75, 3.05) is 6.54 Å². The van der Waals surface area contributed by atoms with Crippen LogP contribution in [0.5, 0.6) is 0 Å². The van der Waals surface area contributed by atoms with E-state index >= 15 is 0 Å². The number of hydrazine groups is 1. The van der Waals surface area contributed by atoms with E-state index in [1.807, 2.05) is 0 Å². The van der Waals surface area contributed by atoms with E-state index in [2.05, 4.69) is 31.9 Å². The van der Waals surface area contributed by atoms with E-state index < -0.39 is 46.8 Å². The monoisotopic (exact) mass is 625 g/mol. The summed E-state index contributed by atoms with van der Waals surface area (Å²) in [5.74, 6) is -3.75. The third kappa shape index (κ3) is 4.89. The van der Waals surface area contributed by atoms with Gasteiger partial charge in [0, 0.05) is 27.4 Å². The van der Waals surface area contributed by atoms with Crippen molar-refractivity contribution in [2.24, 2.45) is 11.8 Å². The fourth-order valence-corrected chi connectivity index (χ4v) is 5.77. The van der Waals surface area contributed by atoms with Gasteiger partial charge in [0.2, 0.25) is 0 Å². The zero-order valence-corrected chi connectivity index (χ0v) is 21.9. The van der Waals surface area contributed by atoms with E-state index in [9.17, 15) is 29.3 Å². The van der Waals surface area contributed by atoms with Gasteiger partial charge in [-0.2, -0.15) is 5.01 Å². The molecule has 2 aromatic carbocycles. The Labute approximate surface area is 221 Å². The Morgan fingerprint density at radius 2 is 1.54 bits per heavy atom. The summed E-state index contributed by atoms with van der Waals surface area (Å²) >= 11 is 13.3. The minimum absolute atomic E-state index is 0.0258. The number of hydrogen-bond acceptors (Lipinski definition) is 6. The SMILES string of the molecule is O=C(CN(C(=O)c1ccccc1Cl)N1C(=O)[C@H]2C[C@@H](Br)[C@@H](Br)C[C@H]2C1=O)c1ccc([N+](=O)[O-])cc1. The average Bonchev–Trinajstić information content (AvgIpc) is 3.06. The molecule has 182 valence electrons. The highest BCUT2D eigenvalue weighted by molar-refractivity contribution is 9.12. The fourth-order valence-electron chi connectivity index (χ4n) is 4.32. The molecule has 4 rings (SSSR count). The smallest absolute Gasteiger partial charge is 0.274 e. The van der Waals surface area contributed by atoms with Crippen LogP contribution in [-0.2, 0) is 9.59 Å². The van der Waals surface area contributed by atoms with Crippen LogP contribution >= 0.6 is 43.5 Å². The second-order valence-corrected chi connectivity index (χ2v) is 11.0. The molecule has 1 saturated heterocycles. The summed E-state index contributed by atoms with van der Waals surface area (Å²) in [7, 11) is 0. The number of amides is 3. The highest BCUT2D eigenvalue weighted by atomic mass is 79.9. The van der Waals surface area contributed by atoms with Gasteiger partial charge in [-0.15, -0.1) is 0 Å². The molecule has 0 N–H and O–H groups in total. The third-order valence-electron chi connectivity index (χ3n) is 6.16. The molecular weight excluding hydrogens is 610 g/mol. The number of hydrogen-bond donors (Lipinski definition) is 0. The first kappa shape index (κ1) is 25.5. The van der Waals surface area contributed by atoms with Crippen LogP contribution in [0, 0.1) is 22.0 Å². The number of benzene rings is 2. The molecule has 0 unspecified atom stereocenters. The van der Waals surface area contributed by atoms with Crippen molar-refractivity contribution < 1.29 is 24.1 Å². The van der Waals surface area contributed by atoms with Crippen molar-refractivity contribution in [2.45, 2.75) is 22.5 Å². The van der Waals surface area contributed by atoms with Gasteiger partial charge in [0.1, 0.15) is 6.54 Å². The summed E-state index contributed by atoms with van der Waals surface area (Å²) in [6.45, 7) is -0.631. The van der Waals surface area contributed by atoms with Crippen LogP contribution in [0.15, 0.2) is 48.5 Å². The Hall–Kier alpha value is -2.63. The molecule has 2 fully saturated rings. The maximum Gasteiger partial charge on any atom is 0.274 e. The topological polar surface area (TPSA) is 118 Å². The number of nitro groups is 1. The van der Waals surface area contributed by atoms with E-state index in [0.29, 0.717) is 12.8 Å². The van der Waals surface area contributed by atoms with Crippen molar-refractivity contribution in [1.29, 1.82) is 0 Å². The molecule has 0 spiro atoms. The van der Waals surface area contributed by atoms with Crippen molar-refractivity contribution >= 4 is 72.7 Å². The molecule has 2 aliphatic rings. The van der Waals surface area contributed by atoms with Crippen molar-refractivity contribution in [3.05, 3.63) is 74.8 Å². The quantitative estimate of drug-likeness (QED) is 0.154. The maximum absolute atomic E-state index is 13.5. The summed E-state index contributed by atoms with van der Waals surface area (Å²) in [6, 6.07) is 11.0. The van der Waals surface area contributed by atoms with E-state index in [0.717, 1.165) is 10.0 Å². The molecule has 0 radical (unpaired) electrons. The van der Waals surface area contributed by atoms with E-state index in [-0.39, 0.29) is 31.5 Å². The first-order chi connectivity index (χ1) is 16.6. The van der Waals surface area contributed by atoms with Gasteiger partial charge in [-0.1, -0.05) is 55.6 Å². The van der Waals surface area contributed by atoms with Crippen LogP contribution in [-0.4, -0.2) is 54.6 Å². The molecule has 1 aliphatic carbocycles. The summed E-state index contributed by atoms with van der Waals surface area (Å²) in [5, 5.41) is 12.6. The number of fused-ring (bicyclic) bond motifs is 1. The van der Waals surface area contributed by atoms with Crippen molar-refractivity contribution in [3.63, 3.8) is 0 Å². The van der Waals surface area contributed by atoms with Crippen LogP contribution < -0.4 is 0 Å². The number of carbonyl (C=O) groups is 4. The summed E-state index contributed by atoms with van der Waals surface area (Å²) in [4.78, 5) is 63.6. The number of alkyl halides is 2. The zero-order chi connectivity index (χ0) is 25.4. The van der Waals surface area contributed by atoms with Crippen LogP contribution in [0.4, 0.5) is 5.69 Å². The number of ketones is 1. The van der Waals surface area contributed by atoms with Crippen LogP contribution in [0.1, 0.15) is 33.6 Å². The van der Waals surface area contributed by atoms with Crippen molar-refractivity contribution in [1.82, 2.24) is 10.0 Å². The molecule has 0 bridgehead atoms. The Kier molecular flexibility index (Phi) is 7.39. The Morgan fingerprint density at radius 1 is 1.00 bits per heavy atom. The van der Waals surface area contributed by atoms with Gasteiger partial charge in [0.05, 0.1) is 27.3 Å². The molecule has 1 heterocycles. The fraction of sp³-hybridized carbons (Fsp3) is 0.304. The van der Waals surface area contributed by atoms with Gasteiger partial charge >= 0.3 is 0 Å². The van der Waals surface area contributed by atoms with Gasteiger partial charge < -0.3 is 0 Å². The summed E-state index contributed by atoms with van der Waals surface area (Å²) < 4.78 is 0. The molecule has 35 heavy (non-hydrogen) atoms. The largest absolute Gasteiger partial charge is 0.292 e. The van der Waals surface area contributed by atoms with Crippen LogP contribution in [0.25, 0.3) is 0 Å². The molecule has 3 amide bonds. The number of Topliss-reactive ketones (excluding diaryl/α,β-unsaturated/α-hetero) is 1. The minimum atomic E-state index is -0.781. The molecule has 0 aromatic heterocycles. The molecule has 1 aliphatic heterocycles. The number of halogens is 3. The lowest BCUT2D eigenvalue weighted by Crippen LogP contribution is -2.52. The lowest BCUT2D eigenvalue weighted by atomic mass is 9.81. The Balaban J connectivity index is 1.69. The zero-order valence-electron chi connectivity index (χ0n) is 18.0. The number of rotatable bonds is 6. The number of imide groups is 1. The van der Waals surface area contributed by atoms with Crippen LogP contribution in [0.2, 0.25) is 5.02 Å². The van der Waals surface area contributed by atoms with Crippen molar-refractivity contribution in [3.8, 4) is 0 Å². The van der Waals surface area contributed by atoms with E-state index in [1.165, 1.54) is 36.4 Å². The Bertz CT molecular complexity index is 1200. The van der Waals surface area contributed by atoms with E-state index in [1.54, 1.807) is 12.1 Å². The average molecular weight is 628 g/mol. The number of non-ortho nitro benzene ring substituents is 1. The second kappa shape index (κ2) is 10.2. The standard InChI is InChI=1S/C23H18Br2ClN3O6/c24-17-9-15-16(10-18(17)25)23(33)28(22(15)32)27(21(31)14-3-1-2-4-19(14)26)11-20(30)12-5-7-13(8-6-12)29(34)35/h1-8,15-18H,9-11H2/t15-,16+,17+,18-. The number of nitro benzene ring substituents is 1. The molecule has 4 atom stereocenters. The predicted octanol–water partition coefficient (Wildman–Crippen LogP) is 4.41. The first-order valence-electron chi connectivity index (χ1n) is 10.6. The first-order valence-corrected chi connectivity index (χ1v) is 12.8. The molecule has 9 nitrogen and oxygen atoms in total. The minimum Gasteiger partial charge on any atom is -0.292 e. The van der Waals surface area contributed by atoms with Gasteiger partial charge in [-0.25, -0.2) is 5.01 Å². The van der Waals surface area contributed by atoms with Gasteiger partial charge in [-0.3, -0.25) is 29.3 Å². The molecule has 12 heteroatoms. The predicted molar refractivity (Wildman–Crippen MR) is 133 cm³/mol. The highest BCUT2D eigenvalue weighted by Gasteiger charge is 2.54. The third-order valence-corrected chi connectivity index (χ3v) is 9.22.